The van der Waals surface area contributed by atoms with Crippen LogP contribution in [0.25, 0.3) is 0 Å². The standard InChI is InChI=1S/C18H24O3/c1-20-18-9-8-16(5-2-3-11-19)13-17(18)14-21-12-10-15-6-4-7-15/h8-9,13,15,19H,3-4,6-7,10-12,14H2,1H3. The largest absolute Gasteiger partial charge is 0.496 e. The molecule has 114 valence electrons. The van der Waals surface area contributed by atoms with E-state index in [1.165, 1.54) is 19.3 Å². The van der Waals surface area contributed by atoms with Crippen molar-refractivity contribution >= 4 is 0 Å². The molecule has 1 aliphatic rings. The average molecular weight is 288 g/mol. The van der Waals surface area contributed by atoms with Gasteiger partial charge in [-0.05, 0) is 30.5 Å². The lowest BCUT2D eigenvalue weighted by Crippen LogP contribution is -2.13. The summed E-state index contributed by atoms with van der Waals surface area (Å²) in [6.07, 6.45) is 5.77. The third kappa shape index (κ3) is 5.08. The van der Waals surface area contributed by atoms with Gasteiger partial charge in [0.05, 0.1) is 20.3 Å². The lowest BCUT2D eigenvalue weighted by molar-refractivity contribution is 0.0936. The van der Waals surface area contributed by atoms with E-state index >= 15 is 0 Å². The van der Waals surface area contributed by atoms with Crippen LogP contribution in [-0.2, 0) is 11.3 Å². The molecular formula is C18H24O3. The Bertz CT molecular complexity index is 495. The van der Waals surface area contributed by atoms with Crippen LogP contribution in [-0.4, -0.2) is 25.4 Å². The van der Waals surface area contributed by atoms with Crippen LogP contribution in [0.15, 0.2) is 18.2 Å². The number of hydrogen-bond donors (Lipinski definition) is 1. The second kappa shape index (κ2) is 8.71. The number of hydrogen-bond acceptors (Lipinski definition) is 3. The molecule has 0 unspecified atom stereocenters. The van der Waals surface area contributed by atoms with Gasteiger partial charge >= 0.3 is 0 Å². The molecule has 0 aromatic heterocycles. The molecule has 0 heterocycles. The van der Waals surface area contributed by atoms with Crippen molar-refractivity contribution in [3.8, 4) is 17.6 Å². The minimum absolute atomic E-state index is 0.0975. The molecule has 0 radical (unpaired) electrons. The van der Waals surface area contributed by atoms with E-state index in [-0.39, 0.29) is 6.61 Å². The third-order valence-electron chi connectivity index (χ3n) is 3.90. The molecule has 0 bridgehead atoms. The summed E-state index contributed by atoms with van der Waals surface area (Å²) in [6, 6.07) is 5.86. The van der Waals surface area contributed by atoms with E-state index in [0.717, 1.165) is 35.8 Å². The van der Waals surface area contributed by atoms with Crippen LogP contribution in [0.2, 0.25) is 0 Å². The molecule has 1 N–H and O–H groups in total. The highest BCUT2D eigenvalue weighted by molar-refractivity contribution is 5.44. The molecule has 2 rings (SSSR count). The van der Waals surface area contributed by atoms with Gasteiger partial charge in [-0.1, -0.05) is 31.1 Å². The van der Waals surface area contributed by atoms with Gasteiger partial charge in [0.15, 0.2) is 0 Å². The first-order valence-electron chi connectivity index (χ1n) is 7.68. The Kier molecular flexibility index (Phi) is 6.59. The Morgan fingerprint density at radius 2 is 2.19 bits per heavy atom. The van der Waals surface area contributed by atoms with Crippen molar-refractivity contribution in [1.29, 1.82) is 0 Å². The van der Waals surface area contributed by atoms with Gasteiger partial charge in [0.25, 0.3) is 0 Å². The van der Waals surface area contributed by atoms with Gasteiger partial charge in [0.1, 0.15) is 5.75 Å². The SMILES string of the molecule is COc1ccc(C#CCCO)cc1COCCC1CCC1. The summed E-state index contributed by atoms with van der Waals surface area (Å²) < 4.78 is 11.1. The summed E-state index contributed by atoms with van der Waals surface area (Å²) in [4.78, 5) is 0. The molecule has 0 saturated heterocycles. The van der Waals surface area contributed by atoms with Crippen LogP contribution < -0.4 is 4.74 Å². The van der Waals surface area contributed by atoms with Crippen LogP contribution >= 0.6 is 0 Å². The van der Waals surface area contributed by atoms with Crippen molar-refractivity contribution in [2.24, 2.45) is 5.92 Å². The Balaban J connectivity index is 1.88. The lowest BCUT2D eigenvalue weighted by Gasteiger charge is -2.24. The van der Waals surface area contributed by atoms with Gasteiger partial charge in [-0.25, -0.2) is 0 Å². The maximum Gasteiger partial charge on any atom is 0.124 e. The fraction of sp³-hybridized carbons (Fsp3) is 0.556. The number of aliphatic hydroxyl groups is 1. The third-order valence-corrected chi connectivity index (χ3v) is 3.90. The monoisotopic (exact) mass is 288 g/mol. The van der Waals surface area contributed by atoms with Crippen LogP contribution in [0, 0.1) is 17.8 Å². The summed E-state index contributed by atoms with van der Waals surface area (Å²) in [5.41, 5.74) is 1.96. The van der Waals surface area contributed by atoms with E-state index in [2.05, 4.69) is 11.8 Å². The lowest BCUT2D eigenvalue weighted by atomic mass is 9.83. The van der Waals surface area contributed by atoms with Crippen LogP contribution in [0.5, 0.6) is 5.75 Å². The number of benzene rings is 1. The topological polar surface area (TPSA) is 38.7 Å². The summed E-state index contributed by atoms with van der Waals surface area (Å²) in [7, 11) is 1.67. The number of rotatable bonds is 7. The van der Waals surface area contributed by atoms with Crippen LogP contribution in [0.3, 0.4) is 0 Å². The highest BCUT2D eigenvalue weighted by atomic mass is 16.5. The average Bonchev–Trinajstić information content (AvgIpc) is 2.45. The molecule has 1 fully saturated rings. The molecular weight excluding hydrogens is 264 g/mol. The Labute approximate surface area is 127 Å². The van der Waals surface area contributed by atoms with Crippen molar-refractivity contribution in [2.75, 3.05) is 20.3 Å². The summed E-state index contributed by atoms with van der Waals surface area (Å²) in [5.74, 6) is 7.69. The summed E-state index contributed by atoms with van der Waals surface area (Å²) >= 11 is 0. The highest BCUT2D eigenvalue weighted by Gasteiger charge is 2.16. The fourth-order valence-corrected chi connectivity index (χ4v) is 2.40. The van der Waals surface area contributed by atoms with Gasteiger partial charge in [-0.3, -0.25) is 0 Å². The molecule has 1 aromatic rings. The fourth-order valence-electron chi connectivity index (χ4n) is 2.40. The maximum atomic E-state index is 8.75. The second-order valence-corrected chi connectivity index (χ2v) is 5.44. The molecule has 3 heteroatoms. The van der Waals surface area contributed by atoms with E-state index in [0.29, 0.717) is 13.0 Å². The molecule has 1 aromatic carbocycles. The van der Waals surface area contributed by atoms with Gasteiger partial charge in [-0.2, -0.15) is 0 Å². The Morgan fingerprint density at radius 3 is 2.86 bits per heavy atom. The number of ether oxygens (including phenoxy) is 2. The van der Waals surface area contributed by atoms with Crippen molar-refractivity contribution in [3.63, 3.8) is 0 Å². The van der Waals surface area contributed by atoms with Crippen molar-refractivity contribution in [3.05, 3.63) is 29.3 Å². The van der Waals surface area contributed by atoms with Gasteiger partial charge in [-0.15, -0.1) is 0 Å². The van der Waals surface area contributed by atoms with Gasteiger partial charge in [0, 0.05) is 24.2 Å². The van der Waals surface area contributed by atoms with Crippen LogP contribution in [0.1, 0.15) is 43.2 Å². The molecule has 3 nitrogen and oxygen atoms in total. The molecule has 1 saturated carbocycles. The number of aliphatic hydroxyl groups excluding tert-OH is 1. The van der Waals surface area contributed by atoms with E-state index in [1.807, 2.05) is 18.2 Å². The molecule has 0 atom stereocenters. The zero-order valence-corrected chi connectivity index (χ0v) is 12.7. The zero-order chi connectivity index (χ0) is 14.9. The minimum atomic E-state index is 0.0975. The number of methoxy groups -OCH3 is 1. The predicted molar refractivity (Wildman–Crippen MR) is 83.2 cm³/mol. The van der Waals surface area contributed by atoms with Crippen LogP contribution in [0.4, 0.5) is 0 Å². The molecule has 0 aliphatic heterocycles. The normalized spacial score (nSPS) is 14.2. The predicted octanol–water partition coefficient (Wildman–Crippen LogP) is 3.14. The van der Waals surface area contributed by atoms with E-state index in [4.69, 9.17) is 14.6 Å². The van der Waals surface area contributed by atoms with Gasteiger partial charge in [0.2, 0.25) is 0 Å². The minimum Gasteiger partial charge on any atom is -0.496 e. The second-order valence-electron chi connectivity index (χ2n) is 5.44. The van der Waals surface area contributed by atoms with E-state index in [1.54, 1.807) is 7.11 Å². The summed E-state index contributed by atoms with van der Waals surface area (Å²) in [5, 5.41) is 8.75. The first-order chi connectivity index (χ1) is 10.3. The smallest absolute Gasteiger partial charge is 0.124 e. The molecule has 21 heavy (non-hydrogen) atoms. The van der Waals surface area contributed by atoms with E-state index in [9.17, 15) is 0 Å². The zero-order valence-electron chi connectivity index (χ0n) is 12.7. The summed E-state index contributed by atoms with van der Waals surface area (Å²) in [6.45, 7) is 1.47. The molecule has 0 amide bonds. The first-order valence-corrected chi connectivity index (χ1v) is 7.68. The maximum absolute atomic E-state index is 8.75. The van der Waals surface area contributed by atoms with Crippen molar-refractivity contribution in [2.45, 2.75) is 38.7 Å². The van der Waals surface area contributed by atoms with Gasteiger partial charge < -0.3 is 14.6 Å². The first kappa shape index (κ1) is 15.9. The quantitative estimate of drug-likeness (QED) is 0.619. The molecule has 1 aliphatic carbocycles. The molecule has 0 spiro atoms. The van der Waals surface area contributed by atoms with E-state index < -0.39 is 0 Å². The Morgan fingerprint density at radius 1 is 1.33 bits per heavy atom. The Hall–Kier alpha value is -1.50. The highest BCUT2D eigenvalue weighted by Crippen LogP contribution is 2.29. The van der Waals surface area contributed by atoms with Crippen molar-refractivity contribution in [1.82, 2.24) is 0 Å². The van der Waals surface area contributed by atoms with Crippen molar-refractivity contribution < 1.29 is 14.6 Å².